The second-order valence-electron chi connectivity index (χ2n) is 4.33. The first-order valence-electron chi connectivity index (χ1n) is 7.96. The van der Waals surface area contributed by atoms with Crippen LogP contribution in [-0.4, -0.2) is 26.6 Å². The number of aromatic nitrogens is 3. The molecule has 1 aromatic rings. The molecule has 5 nitrogen and oxygen atoms in total. The summed E-state index contributed by atoms with van der Waals surface area (Å²) in [6, 6.07) is 0. The molecule has 0 spiro atoms. The van der Waals surface area contributed by atoms with E-state index in [-0.39, 0.29) is 11.6 Å². The molecule has 0 aromatic carbocycles. The summed E-state index contributed by atoms with van der Waals surface area (Å²) >= 11 is 0. The van der Waals surface area contributed by atoms with Gasteiger partial charge in [-0.05, 0) is 33.1 Å². The Balaban J connectivity index is 0. The zero-order chi connectivity index (χ0) is 16.7. The van der Waals surface area contributed by atoms with Crippen molar-refractivity contribution in [1.82, 2.24) is 15.0 Å². The van der Waals surface area contributed by atoms with Gasteiger partial charge in [-0.25, -0.2) is 0 Å². The van der Waals surface area contributed by atoms with Gasteiger partial charge in [-0.3, -0.25) is 4.68 Å². The Morgan fingerprint density at radius 2 is 1.57 bits per heavy atom. The molecule has 122 valence electrons. The van der Waals surface area contributed by atoms with Crippen molar-refractivity contribution < 1.29 is 9.59 Å². The highest BCUT2D eigenvalue weighted by molar-refractivity contribution is 5.75. The number of carbonyl (C=O) groups is 2. The molecule has 0 unspecified atom stereocenters. The maximum atomic E-state index is 10.8. The molecule has 1 heterocycles. The van der Waals surface area contributed by atoms with E-state index < -0.39 is 0 Å². The van der Waals surface area contributed by atoms with Crippen LogP contribution in [0.25, 0.3) is 0 Å². The van der Waals surface area contributed by atoms with Crippen molar-refractivity contribution in [3.8, 4) is 0 Å². The average molecular weight is 297 g/mol. The molecule has 5 heteroatoms. The fourth-order valence-corrected chi connectivity index (χ4v) is 1.51. The van der Waals surface area contributed by atoms with E-state index in [1.165, 1.54) is 0 Å². The van der Waals surface area contributed by atoms with E-state index in [9.17, 15) is 9.59 Å². The Labute approximate surface area is 129 Å². The van der Waals surface area contributed by atoms with Gasteiger partial charge in [0.25, 0.3) is 0 Å². The van der Waals surface area contributed by atoms with Crippen molar-refractivity contribution in [2.45, 2.75) is 80.2 Å². The summed E-state index contributed by atoms with van der Waals surface area (Å²) in [5, 5.41) is 7.98. The van der Waals surface area contributed by atoms with Crippen molar-refractivity contribution in [3.63, 3.8) is 0 Å². The van der Waals surface area contributed by atoms with Crippen LogP contribution in [0.1, 0.15) is 72.9 Å². The lowest BCUT2D eigenvalue weighted by Gasteiger charge is -1.98. The summed E-state index contributed by atoms with van der Waals surface area (Å²) in [7, 11) is 0. The first-order valence-corrected chi connectivity index (χ1v) is 7.96. The van der Waals surface area contributed by atoms with E-state index in [1.807, 2.05) is 33.9 Å². The van der Waals surface area contributed by atoms with E-state index in [0.29, 0.717) is 19.3 Å². The predicted molar refractivity (Wildman–Crippen MR) is 86.3 cm³/mol. The lowest BCUT2D eigenvalue weighted by molar-refractivity contribution is -0.117. The molecule has 0 saturated carbocycles. The third-order valence-electron chi connectivity index (χ3n) is 2.49. The topological polar surface area (TPSA) is 64.8 Å². The molecule has 0 fully saturated rings. The van der Waals surface area contributed by atoms with Crippen molar-refractivity contribution in [2.24, 2.45) is 0 Å². The summed E-state index contributed by atoms with van der Waals surface area (Å²) < 4.78 is 1.77. The molecule has 0 bridgehead atoms. The molecular weight excluding hydrogens is 266 g/mol. The van der Waals surface area contributed by atoms with Crippen LogP contribution in [0.4, 0.5) is 0 Å². The summed E-state index contributed by atoms with van der Waals surface area (Å²) in [5.41, 5.74) is 0.853. The number of hydrogen-bond donors (Lipinski definition) is 0. The number of unbranched alkanes of at least 4 members (excludes halogenated alkanes) is 1. The summed E-state index contributed by atoms with van der Waals surface area (Å²) in [6.07, 6.45) is 5.49. The second kappa shape index (κ2) is 14.9. The predicted octanol–water partition coefficient (Wildman–Crippen LogP) is 3.61. The fourth-order valence-electron chi connectivity index (χ4n) is 1.51. The Morgan fingerprint density at radius 1 is 1.00 bits per heavy atom. The van der Waals surface area contributed by atoms with Gasteiger partial charge in [0, 0.05) is 25.6 Å². The minimum Gasteiger partial charge on any atom is -0.300 e. The number of ketones is 2. The quantitative estimate of drug-likeness (QED) is 0.687. The molecule has 0 aliphatic carbocycles. The van der Waals surface area contributed by atoms with Crippen molar-refractivity contribution >= 4 is 11.6 Å². The average Bonchev–Trinajstić information content (AvgIpc) is 2.93. The Hall–Kier alpha value is -1.52. The number of Topliss-reactive ketones (excluding diaryl/α,β-unsaturated/α-hetero) is 2. The maximum Gasteiger partial charge on any atom is 0.130 e. The molecule has 0 saturated heterocycles. The van der Waals surface area contributed by atoms with E-state index in [1.54, 1.807) is 18.5 Å². The van der Waals surface area contributed by atoms with Gasteiger partial charge in [0.2, 0.25) is 0 Å². The standard InChI is InChI=1S/C12H19N3O2.2C2H6/c1-10(16)5-3-4-8-15-9-12(13-14-15)7-6-11(2)17;2*1-2/h9H,3-8H2,1-2H3;2*1-2H3. The Kier molecular flexibility index (Phi) is 15.4. The monoisotopic (exact) mass is 297 g/mol. The van der Waals surface area contributed by atoms with Gasteiger partial charge in [0.05, 0.1) is 5.69 Å². The van der Waals surface area contributed by atoms with Crippen LogP contribution in [-0.2, 0) is 22.6 Å². The lowest BCUT2D eigenvalue weighted by atomic mass is 10.2. The molecule has 1 rings (SSSR count). The van der Waals surface area contributed by atoms with Crippen molar-refractivity contribution in [1.29, 1.82) is 0 Å². The largest absolute Gasteiger partial charge is 0.300 e. The molecular formula is C16H31N3O2. The Bertz CT molecular complexity index is 387. The highest BCUT2D eigenvalue weighted by Crippen LogP contribution is 2.02. The van der Waals surface area contributed by atoms with Crippen LogP contribution in [0.2, 0.25) is 0 Å². The van der Waals surface area contributed by atoms with E-state index in [4.69, 9.17) is 0 Å². The van der Waals surface area contributed by atoms with Crippen LogP contribution in [0.5, 0.6) is 0 Å². The molecule has 1 aromatic heterocycles. The number of aryl methyl sites for hydroxylation is 2. The summed E-state index contributed by atoms with van der Waals surface area (Å²) in [5.74, 6) is 0.395. The first-order chi connectivity index (χ1) is 10.1. The zero-order valence-corrected chi connectivity index (χ0v) is 14.5. The van der Waals surface area contributed by atoms with Gasteiger partial charge in [-0.15, -0.1) is 5.10 Å². The van der Waals surface area contributed by atoms with Gasteiger partial charge in [-0.1, -0.05) is 32.9 Å². The zero-order valence-electron chi connectivity index (χ0n) is 14.5. The molecule has 0 amide bonds. The van der Waals surface area contributed by atoms with E-state index in [0.717, 1.165) is 25.1 Å². The smallest absolute Gasteiger partial charge is 0.130 e. The van der Waals surface area contributed by atoms with Crippen LogP contribution < -0.4 is 0 Å². The normalized spacial score (nSPS) is 9.05. The molecule has 0 aliphatic heterocycles. The van der Waals surface area contributed by atoms with Crippen molar-refractivity contribution in [2.75, 3.05) is 0 Å². The minimum absolute atomic E-state index is 0.168. The van der Waals surface area contributed by atoms with Crippen LogP contribution in [0.3, 0.4) is 0 Å². The number of hydrogen-bond acceptors (Lipinski definition) is 4. The molecule has 0 aliphatic rings. The SMILES string of the molecule is CC.CC.CC(=O)CCCCn1cc(CCC(C)=O)nn1. The van der Waals surface area contributed by atoms with E-state index in [2.05, 4.69) is 10.3 Å². The first kappa shape index (κ1) is 21.8. The van der Waals surface area contributed by atoms with Gasteiger partial charge in [-0.2, -0.15) is 0 Å². The van der Waals surface area contributed by atoms with E-state index >= 15 is 0 Å². The molecule has 0 atom stereocenters. The Morgan fingerprint density at radius 3 is 2.10 bits per heavy atom. The summed E-state index contributed by atoms with van der Waals surface area (Å²) in [4.78, 5) is 21.6. The third kappa shape index (κ3) is 13.2. The maximum absolute atomic E-state index is 10.8. The van der Waals surface area contributed by atoms with Crippen LogP contribution >= 0.6 is 0 Å². The van der Waals surface area contributed by atoms with Gasteiger partial charge in [0.15, 0.2) is 0 Å². The molecule has 0 radical (unpaired) electrons. The molecule has 0 N–H and O–H groups in total. The van der Waals surface area contributed by atoms with Crippen molar-refractivity contribution in [3.05, 3.63) is 11.9 Å². The summed E-state index contributed by atoms with van der Waals surface area (Å²) in [6.45, 7) is 12.0. The third-order valence-corrected chi connectivity index (χ3v) is 2.49. The minimum atomic E-state index is 0.168. The van der Waals surface area contributed by atoms with Gasteiger partial charge < -0.3 is 9.59 Å². The highest BCUT2D eigenvalue weighted by Gasteiger charge is 2.02. The highest BCUT2D eigenvalue weighted by atomic mass is 16.1. The number of carbonyl (C=O) groups excluding carboxylic acids is 2. The second-order valence-corrected chi connectivity index (χ2v) is 4.33. The number of nitrogens with zero attached hydrogens (tertiary/aromatic N) is 3. The lowest BCUT2D eigenvalue weighted by Crippen LogP contribution is -2.00. The van der Waals surface area contributed by atoms with Crippen LogP contribution in [0.15, 0.2) is 6.20 Å². The van der Waals surface area contributed by atoms with Gasteiger partial charge >= 0.3 is 0 Å². The number of rotatable bonds is 8. The fraction of sp³-hybridized carbons (Fsp3) is 0.750. The van der Waals surface area contributed by atoms with Crippen LogP contribution in [0, 0.1) is 0 Å². The molecule has 21 heavy (non-hydrogen) atoms. The van der Waals surface area contributed by atoms with Gasteiger partial charge in [0.1, 0.15) is 11.6 Å².